The highest BCUT2D eigenvalue weighted by Crippen LogP contribution is 2.45. The third kappa shape index (κ3) is 4.12. The van der Waals surface area contributed by atoms with Gasteiger partial charge in [-0.25, -0.2) is 0 Å². The molecule has 0 aliphatic rings. The summed E-state index contributed by atoms with van der Waals surface area (Å²) in [5.41, 5.74) is 12.5. The molecule has 5 heterocycles. The molecular formula is C55H30N2O3. The zero-order chi connectivity index (χ0) is 39.2. The Morgan fingerprint density at radius 2 is 0.917 bits per heavy atom. The van der Waals surface area contributed by atoms with Crippen molar-refractivity contribution in [1.82, 2.24) is 8.97 Å². The quantitative estimate of drug-likeness (QED) is 0.168. The number of para-hydroxylation sites is 4. The second-order valence-corrected chi connectivity index (χ2v) is 16.0. The standard InChI is InChI=1S/C55H30N2O3/c58-55-42-23-21-32(31-11-2-1-3-12-31)27-43(42)38-16-10-17-39-44-28-33(22-26-47(44)57(55)51(38)39)34-29-45-37-15-6-9-20-50(37)59-53(45)48(30-34)56-46-18-7-4-13-35(46)40-24-25-41-36-14-5-8-19-49(36)60-54(41)52(40)56/h1-30H. The van der Waals surface area contributed by atoms with Crippen LogP contribution in [0.25, 0.3) is 132 Å². The van der Waals surface area contributed by atoms with Crippen molar-refractivity contribution in [2.75, 3.05) is 0 Å². The summed E-state index contributed by atoms with van der Waals surface area (Å²) in [6, 6.07) is 63.5. The van der Waals surface area contributed by atoms with Crippen LogP contribution in [-0.2, 0) is 0 Å². The Bertz CT molecular complexity index is 4200. The van der Waals surface area contributed by atoms with Gasteiger partial charge >= 0.3 is 0 Å². The molecule has 0 fully saturated rings. The molecule has 14 rings (SSSR count). The molecule has 0 bridgehead atoms. The number of hydrogen-bond acceptors (Lipinski definition) is 3. The number of hydrogen-bond donors (Lipinski definition) is 0. The molecule has 278 valence electrons. The van der Waals surface area contributed by atoms with Gasteiger partial charge in [0.2, 0.25) is 0 Å². The van der Waals surface area contributed by atoms with Crippen LogP contribution in [0.5, 0.6) is 0 Å². The minimum atomic E-state index is -0.00657. The van der Waals surface area contributed by atoms with Crippen LogP contribution in [0.1, 0.15) is 0 Å². The minimum absolute atomic E-state index is 0.00657. The maximum absolute atomic E-state index is 14.5. The average Bonchev–Trinajstić information content (AvgIpc) is 4.06. The smallest absolute Gasteiger partial charge is 0.263 e. The van der Waals surface area contributed by atoms with Gasteiger partial charge in [-0.05, 0) is 88.3 Å². The molecule has 0 spiro atoms. The normalized spacial score (nSPS) is 12.4. The molecule has 0 saturated carbocycles. The van der Waals surface area contributed by atoms with Crippen molar-refractivity contribution >= 4 is 104 Å². The van der Waals surface area contributed by atoms with Gasteiger partial charge in [0, 0.05) is 53.9 Å². The number of benzene rings is 9. The Balaban J connectivity index is 1.07. The molecule has 5 aromatic heterocycles. The summed E-state index contributed by atoms with van der Waals surface area (Å²) < 4.78 is 17.8. The number of nitrogens with zero attached hydrogens (tertiary/aromatic N) is 2. The molecule has 0 radical (unpaired) electrons. The van der Waals surface area contributed by atoms with Gasteiger partial charge in [0.15, 0.2) is 11.2 Å². The van der Waals surface area contributed by atoms with E-state index in [1.54, 1.807) is 0 Å². The Hall–Kier alpha value is -8.15. The van der Waals surface area contributed by atoms with Crippen LogP contribution >= 0.6 is 0 Å². The van der Waals surface area contributed by atoms with Crippen molar-refractivity contribution in [2.24, 2.45) is 0 Å². The van der Waals surface area contributed by atoms with Crippen molar-refractivity contribution < 1.29 is 8.83 Å². The summed E-state index contributed by atoms with van der Waals surface area (Å²) in [5, 5.41) is 11.3. The number of furan rings is 2. The second kappa shape index (κ2) is 11.5. The molecule has 0 atom stereocenters. The van der Waals surface area contributed by atoms with Gasteiger partial charge in [-0.15, -0.1) is 0 Å². The molecule has 0 aliphatic carbocycles. The third-order valence-corrected chi connectivity index (χ3v) is 12.8. The highest BCUT2D eigenvalue weighted by Gasteiger charge is 2.24. The van der Waals surface area contributed by atoms with Crippen LogP contribution in [0.2, 0.25) is 0 Å². The van der Waals surface area contributed by atoms with E-state index >= 15 is 0 Å². The average molecular weight is 767 g/mol. The van der Waals surface area contributed by atoms with Gasteiger partial charge in [-0.2, -0.15) is 0 Å². The van der Waals surface area contributed by atoms with Gasteiger partial charge in [0.05, 0.1) is 27.8 Å². The van der Waals surface area contributed by atoms with Crippen LogP contribution in [0.4, 0.5) is 0 Å². The maximum atomic E-state index is 14.5. The van der Waals surface area contributed by atoms with Crippen LogP contribution in [0.3, 0.4) is 0 Å². The lowest BCUT2D eigenvalue weighted by molar-refractivity contribution is 0.665. The van der Waals surface area contributed by atoms with E-state index in [1.165, 1.54) is 0 Å². The second-order valence-electron chi connectivity index (χ2n) is 16.0. The van der Waals surface area contributed by atoms with Crippen LogP contribution < -0.4 is 5.56 Å². The van der Waals surface area contributed by atoms with Gasteiger partial charge in [-0.3, -0.25) is 9.20 Å². The molecule has 0 unspecified atom stereocenters. The highest BCUT2D eigenvalue weighted by atomic mass is 16.3. The zero-order valence-corrected chi connectivity index (χ0v) is 31.9. The fraction of sp³-hybridized carbons (Fsp3) is 0. The van der Waals surface area contributed by atoms with Crippen molar-refractivity contribution in [3.63, 3.8) is 0 Å². The molecule has 9 aromatic carbocycles. The van der Waals surface area contributed by atoms with E-state index < -0.39 is 0 Å². The fourth-order valence-electron chi connectivity index (χ4n) is 10.2. The summed E-state index contributed by atoms with van der Waals surface area (Å²) in [6.07, 6.45) is 0. The van der Waals surface area contributed by atoms with E-state index in [-0.39, 0.29) is 5.56 Å². The number of pyridine rings is 1. The summed E-state index contributed by atoms with van der Waals surface area (Å²) >= 11 is 0. The maximum Gasteiger partial charge on any atom is 0.263 e. The zero-order valence-electron chi connectivity index (χ0n) is 31.9. The molecule has 0 aliphatic heterocycles. The topological polar surface area (TPSA) is 52.7 Å². The first kappa shape index (κ1) is 31.9. The SMILES string of the molecule is O=c1c2ccc(-c3ccccc3)cc2c2cccc3c4cc(-c5cc(-n6c7ccccc7c7ccc8c9ccccc9oc8c76)c6oc7ccccc7c6c5)ccc4n1c23. The van der Waals surface area contributed by atoms with E-state index in [0.717, 1.165) is 126 Å². The molecular weight excluding hydrogens is 737 g/mol. The van der Waals surface area contributed by atoms with E-state index in [4.69, 9.17) is 8.83 Å². The molecule has 5 heteroatoms. The summed E-state index contributed by atoms with van der Waals surface area (Å²) in [7, 11) is 0. The van der Waals surface area contributed by atoms with Crippen molar-refractivity contribution in [3.05, 3.63) is 192 Å². The highest BCUT2D eigenvalue weighted by molar-refractivity contribution is 6.23. The lowest BCUT2D eigenvalue weighted by Gasteiger charge is -2.12. The first-order valence-electron chi connectivity index (χ1n) is 20.3. The molecule has 0 amide bonds. The Morgan fingerprint density at radius 1 is 0.333 bits per heavy atom. The third-order valence-electron chi connectivity index (χ3n) is 12.8. The summed E-state index contributed by atoms with van der Waals surface area (Å²) in [5.74, 6) is 0. The van der Waals surface area contributed by atoms with Crippen molar-refractivity contribution in [1.29, 1.82) is 0 Å². The predicted molar refractivity (Wildman–Crippen MR) is 247 cm³/mol. The Labute approximate surface area is 340 Å². The molecule has 0 N–H and O–H groups in total. The fourth-order valence-corrected chi connectivity index (χ4v) is 10.2. The molecule has 0 saturated heterocycles. The van der Waals surface area contributed by atoms with Gasteiger partial charge in [0.1, 0.15) is 11.2 Å². The summed E-state index contributed by atoms with van der Waals surface area (Å²) in [6.45, 7) is 0. The predicted octanol–water partition coefficient (Wildman–Crippen LogP) is 14.4. The van der Waals surface area contributed by atoms with E-state index in [1.807, 2.05) is 52.9 Å². The minimum Gasteiger partial charge on any atom is -0.454 e. The lowest BCUT2D eigenvalue weighted by atomic mass is 9.98. The number of rotatable bonds is 3. The monoisotopic (exact) mass is 766 g/mol. The van der Waals surface area contributed by atoms with Gasteiger partial charge in [-0.1, -0.05) is 121 Å². The summed E-state index contributed by atoms with van der Waals surface area (Å²) in [4.78, 5) is 14.5. The molecule has 14 aromatic rings. The molecule has 5 nitrogen and oxygen atoms in total. The Morgan fingerprint density at radius 3 is 1.75 bits per heavy atom. The van der Waals surface area contributed by atoms with Gasteiger partial charge in [0.25, 0.3) is 5.56 Å². The van der Waals surface area contributed by atoms with Crippen LogP contribution in [-0.4, -0.2) is 8.97 Å². The first-order valence-corrected chi connectivity index (χ1v) is 20.3. The van der Waals surface area contributed by atoms with E-state index in [2.05, 4.69) is 138 Å². The van der Waals surface area contributed by atoms with E-state index in [0.29, 0.717) is 5.39 Å². The van der Waals surface area contributed by atoms with Crippen LogP contribution in [0, 0.1) is 0 Å². The molecule has 60 heavy (non-hydrogen) atoms. The lowest BCUT2D eigenvalue weighted by Crippen LogP contribution is -2.12. The van der Waals surface area contributed by atoms with Crippen LogP contribution in [0.15, 0.2) is 196 Å². The van der Waals surface area contributed by atoms with Crippen molar-refractivity contribution in [2.45, 2.75) is 0 Å². The number of aromatic nitrogens is 2. The Kier molecular flexibility index (Phi) is 6.11. The van der Waals surface area contributed by atoms with Gasteiger partial charge < -0.3 is 13.4 Å². The van der Waals surface area contributed by atoms with E-state index in [9.17, 15) is 4.79 Å². The van der Waals surface area contributed by atoms with Crippen molar-refractivity contribution in [3.8, 4) is 27.9 Å². The largest absolute Gasteiger partial charge is 0.454 e. The number of fused-ring (bicyclic) bond motifs is 15. The first-order chi connectivity index (χ1) is 29.7.